The SMILES string of the molecule is CCOC(C(=O)NCc1ccc(C(=N)N)cc1OC(C(=O)NC(C)C)c1ccccc1)c1ccc(OC)cc1F. The van der Waals surface area contributed by atoms with E-state index < -0.39 is 23.9 Å². The molecule has 2 amide bonds. The molecule has 0 bridgehead atoms. The number of carbonyl (C=O) groups excluding carboxylic acids is 2. The van der Waals surface area contributed by atoms with Crippen LogP contribution in [0.3, 0.4) is 0 Å². The third kappa shape index (κ3) is 7.79. The smallest absolute Gasteiger partial charge is 0.266 e. The summed E-state index contributed by atoms with van der Waals surface area (Å²) in [5.41, 5.74) is 7.30. The normalized spacial score (nSPS) is 12.3. The zero-order valence-electron chi connectivity index (χ0n) is 23.0. The number of halogens is 1. The van der Waals surface area contributed by atoms with Gasteiger partial charge in [-0.3, -0.25) is 15.0 Å². The van der Waals surface area contributed by atoms with Crippen LogP contribution in [0.15, 0.2) is 66.7 Å². The van der Waals surface area contributed by atoms with Gasteiger partial charge in [0.2, 0.25) is 6.10 Å². The molecule has 9 nitrogen and oxygen atoms in total. The predicted octanol–water partition coefficient (Wildman–Crippen LogP) is 4.16. The van der Waals surface area contributed by atoms with Crippen molar-refractivity contribution in [3.63, 3.8) is 0 Å². The number of ether oxygens (including phenoxy) is 3. The summed E-state index contributed by atoms with van der Waals surface area (Å²) in [6, 6.07) is 17.9. The molecular weight excluding hydrogens is 515 g/mol. The zero-order valence-corrected chi connectivity index (χ0v) is 23.0. The van der Waals surface area contributed by atoms with E-state index in [1.165, 1.54) is 19.2 Å². The van der Waals surface area contributed by atoms with E-state index in [-0.39, 0.29) is 42.2 Å². The number of amides is 2. The summed E-state index contributed by atoms with van der Waals surface area (Å²) in [6.45, 7) is 5.55. The summed E-state index contributed by atoms with van der Waals surface area (Å²) in [5, 5.41) is 13.5. The molecule has 0 spiro atoms. The summed E-state index contributed by atoms with van der Waals surface area (Å²) in [4.78, 5) is 26.3. The highest BCUT2D eigenvalue weighted by Crippen LogP contribution is 2.29. The second-order valence-electron chi connectivity index (χ2n) is 9.25. The molecule has 3 rings (SSSR count). The summed E-state index contributed by atoms with van der Waals surface area (Å²) in [6.07, 6.45) is -2.21. The highest BCUT2D eigenvalue weighted by Gasteiger charge is 2.27. The van der Waals surface area contributed by atoms with Crippen LogP contribution >= 0.6 is 0 Å². The second-order valence-corrected chi connectivity index (χ2v) is 9.25. The fourth-order valence-corrected chi connectivity index (χ4v) is 3.96. The standard InChI is InChI=1S/C30H35FN4O5/c1-5-39-27(23-14-13-22(38-4)16-24(23)31)29(36)34-17-21-12-11-20(28(32)33)15-25(21)40-26(30(37)35-18(2)3)19-9-7-6-8-10-19/h6-16,18,26-27H,5,17H2,1-4H3,(H3,32,33)(H,34,36)(H,35,37). The van der Waals surface area contributed by atoms with Crippen LogP contribution in [-0.2, 0) is 20.9 Å². The maximum absolute atomic E-state index is 14.8. The highest BCUT2D eigenvalue weighted by atomic mass is 19.1. The lowest BCUT2D eigenvalue weighted by atomic mass is 10.1. The number of benzene rings is 3. The maximum atomic E-state index is 14.8. The van der Waals surface area contributed by atoms with Crippen LogP contribution in [-0.4, -0.2) is 37.4 Å². The van der Waals surface area contributed by atoms with Crippen molar-refractivity contribution in [3.05, 3.63) is 94.8 Å². The van der Waals surface area contributed by atoms with E-state index in [0.29, 0.717) is 22.4 Å². The third-order valence-electron chi connectivity index (χ3n) is 5.91. The molecular formula is C30H35FN4O5. The highest BCUT2D eigenvalue weighted by molar-refractivity contribution is 5.95. The molecule has 0 aliphatic carbocycles. The van der Waals surface area contributed by atoms with Crippen LogP contribution in [0.2, 0.25) is 0 Å². The number of hydrogen-bond donors (Lipinski definition) is 4. The van der Waals surface area contributed by atoms with Crippen LogP contribution in [0.25, 0.3) is 0 Å². The predicted molar refractivity (Wildman–Crippen MR) is 150 cm³/mol. The van der Waals surface area contributed by atoms with E-state index in [4.69, 9.17) is 25.4 Å². The van der Waals surface area contributed by atoms with Gasteiger partial charge in [0.15, 0.2) is 6.10 Å². The molecule has 40 heavy (non-hydrogen) atoms. The molecule has 2 unspecified atom stereocenters. The van der Waals surface area contributed by atoms with Crippen LogP contribution in [0, 0.1) is 11.2 Å². The first-order chi connectivity index (χ1) is 19.1. The molecule has 3 aromatic carbocycles. The fraction of sp³-hybridized carbons (Fsp3) is 0.300. The number of rotatable bonds is 13. The van der Waals surface area contributed by atoms with Crippen molar-refractivity contribution in [2.45, 2.75) is 45.6 Å². The number of methoxy groups -OCH3 is 1. The Kier molecular flexibility index (Phi) is 10.6. The molecule has 0 aliphatic rings. The van der Waals surface area contributed by atoms with E-state index >= 15 is 0 Å². The number of nitrogens with two attached hydrogens (primary N) is 1. The molecule has 212 valence electrons. The van der Waals surface area contributed by atoms with Gasteiger partial charge in [-0.25, -0.2) is 4.39 Å². The maximum Gasteiger partial charge on any atom is 0.266 e. The Labute approximate surface area is 233 Å². The van der Waals surface area contributed by atoms with Crippen molar-refractivity contribution >= 4 is 17.6 Å². The molecule has 0 radical (unpaired) electrons. The van der Waals surface area contributed by atoms with Crippen molar-refractivity contribution in [1.82, 2.24) is 10.6 Å². The minimum atomic E-state index is -1.20. The van der Waals surface area contributed by atoms with Gasteiger partial charge in [0.1, 0.15) is 23.2 Å². The number of nitrogen functional groups attached to an aromatic ring is 1. The Hall–Kier alpha value is -4.44. The van der Waals surface area contributed by atoms with Gasteiger partial charge in [-0.2, -0.15) is 0 Å². The van der Waals surface area contributed by atoms with E-state index in [1.807, 2.05) is 19.9 Å². The lowest BCUT2D eigenvalue weighted by Crippen LogP contribution is -2.37. The van der Waals surface area contributed by atoms with E-state index in [2.05, 4.69) is 10.6 Å². The van der Waals surface area contributed by atoms with Gasteiger partial charge in [-0.05, 0) is 39.0 Å². The Morgan fingerprint density at radius 2 is 1.73 bits per heavy atom. The van der Waals surface area contributed by atoms with Gasteiger partial charge in [0, 0.05) is 47.5 Å². The van der Waals surface area contributed by atoms with Crippen LogP contribution in [0.1, 0.15) is 55.2 Å². The second kappa shape index (κ2) is 14.1. The largest absolute Gasteiger partial charge is 0.497 e. The molecule has 5 N–H and O–H groups in total. The van der Waals surface area contributed by atoms with Crippen LogP contribution < -0.4 is 25.8 Å². The topological polar surface area (TPSA) is 136 Å². The van der Waals surface area contributed by atoms with Gasteiger partial charge in [0.25, 0.3) is 11.8 Å². The molecule has 3 aromatic rings. The Morgan fingerprint density at radius 1 is 1.00 bits per heavy atom. The molecule has 0 fully saturated rings. The monoisotopic (exact) mass is 550 g/mol. The van der Waals surface area contributed by atoms with Crippen molar-refractivity contribution < 1.29 is 28.2 Å². The van der Waals surface area contributed by atoms with Gasteiger partial charge in [-0.15, -0.1) is 0 Å². The van der Waals surface area contributed by atoms with Gasteiger partial charge < -0.3 is 30.6 Å². The van der Waals surface area contributed by atoms with Crippen molar-refractivity contribution in [3.8, 4) is 11.5 Å². The van der Waals surface area contributed by atoms with Gasteiger partial charge in [-0.1, -0.05) is 42.5 Å². The average Bonchev–Trinajstić information content (AvgIpc) is 2.93. The Bertz CT molecular complexity index is 1330. The Balaban J connectivity index is 1.91. The molecule has 2 atom stereocenters. The summed E-state index contributed by atoms with van der Waals surface area (Å²) < 4.78 is 31.6. The zero-order chi connectivity index (χ0) is 29.2. The third-order valence-corrected chi connectivity index (χ3v) is 5.91. The number of amidine groups is 1. The number of carbonyl (C=O) groups is 2. The van der Waals surface area contributed by atoms with Crippen molar-refractivity contribution in [1.29, 1.82) is 5.41 Å². The molecule has 0 saturated heterocycles. The lowest BCUT2D eigenvalue weighted by molar-refractivity contribution is -0.133. The van der Waals surface area contributed by atoms with Crippen LogP contribution in [0.5, 0.6) is 11.5 Å². The van der Waals surface area contributed by atoms with E-state index in [0.717, 1.165) is 0 Å². The first-order valence-electron chi connectivity index (χ1n) is 12.9. The minimum absolute atomic E-state index is 0.0268. The molecule has 10 heteroatoms. The summed E-state index contributed by atoms with van der Waals surface area (Å²) in [5.74, 6) is -1.16. The molecule has 0 saturated carbocycles. The lowest BCUT2D eigenvalue weighted by Gasteiger charge is -2.23. The fourth-order valence-electron chi connectivity index (χ4n) is 3.96. The van der Waals surface area contributed by atoms with Crippen molar-refractivity contribution in [2.24, 2.45) is 5.73 Å². The van der Waals surface area contributed by atoms with Gasteiger partial charge in [0.05, 0.1) is 7.11 Å². The quantitative estimate of drug-likeness (QED) is 0.186. The van der Waals surface area contributed by atoms with Crippen molar-refractivity contribution in [2.75, 3.05) is 13.7 Å². The molecule has 0 heterocycles. The number of hydrogen-bond acceptors (Lipinski definition) is 6. The summed E-state index contributed by atoms with van der Waals surface area (Å²) >= 11 is 0. The molecule has 0 aromatic heterocycles. The van der Waals surface area contributed by atoms with E-state index in [9.17, 15) is 14.0 Å². The first kappa shape index (κ1) is 30.1. The Morgan fingerprint density at radius 3 is 2.33 bits per heavy atom. The summed E-state index contributed by atoms with van der Waals surface area (Å²) in [7, 11) is 1.42. The van der Waals surface area contributed by atoms with Crippen LogP contribution in [0.4, 0.5) is 4.39 Å². The number of nitrogens with one attached hydrogen (secondary N) is 3. The minimum Gasteiger partial charge on any atom is -0.497 e. The van der Waals surface area contributed by atoms with E-state index in [1.54, 1.807) is 55.5 Å². The van der Waals surface area contributed by atoms with Gasteiger partial charge >= 0.3 is 0 Å². The first-order valence-corrected chi connectivity index (χ1v) is 12.9. The average molecular weight is 551 g/mol. The molecule has 0 aliphatic heterocycles.